The van der Waals surface area contributed by atoms with Gasteiger partial charge in [-0.3, -0.25) is 19.2 Å². The summed E-state index contributed by atoms with van der Waals surface area (Å²) >= 11 is 0. The maximum atomic E-state index is 13.4. The van der Waals surface area contributed by atoms with Crippen LogP contribution in [0, 0.1) is 5.92 Å². The van der Waals surface area contributed by atoms with Crippen molar-refractivity contribution in [2.75, 3.05) is 20.2 Å². The van der Waals surface area contributed by atoms with E-state index in [4.69, 9.17) is 4.74 Å². The van der Waals surface area contributed by atoms with E-state index in [1.807, 2.05) is 18.2 Å². The predicted octanol–water partition coefficient (Wildman–Crippen LogP) is -0.167. The fourth-order valence-corrected chi connectivity index (χ4v) is 5.24. The van der Waals surface area contributed by atoms with E-state index in [1.165, 1.54) is 0 Å². The molecule has 9 nitrogen and oxygen atoms in total. The first-order valence-electron chi connectivity index (χ1n) is 11.3. The molecule has 1 saturated carbocycles. The van der Waals surface area contributed by atoms with E-state index >= 15 is 0 Å². The molecule has 4 amide bonds. The van der Waals surface area contributed by atoms with Gasteiger partial charge in [0, 0.05) is 30.6 Å². The van der Waals surface area contributed by atoms with E-state index in [1.54, 1.807) is 23.0 Å². The topological polar surface area (TPSA) is 108 Å². The number of carbonyl (C=O) groups is 4. The normalized spacial score (nSPS) is 29.2. The highest BCUT2D eigenvalue weighted by Gasteiger charge is 2.53. The third-order valence-electron chi connectivity index (χ3n) is 6.98. The van der Waals surface area contributed by atoms with E-state index in [2.05, 4.69) is 10.6 Å². The fraction of sp³-hybridized carbons (Fsp3) is 0.565. The van der Waals surface area contributed by atoms with Gasteiger partial charge in [0.1, 0.15) is 17.8 Å². The first-order valence-corrected chi connectivity index (χ1v) is 11.3. The maximum Gasteiger partial charge on any atom is 0.248 e. The number of methoxy groups -OCH3 is 1. The van der Waals surface area contributed by atoms with Crippen LogP contribution in [0.15, 0.2) is 24.3 Å². The molecule has 3 heterocycles. The molecule has 3 aliphatic heterocycles. The molecule has 4 fully saturated rings. The number of para-hydroxylation sites is 1. The number of rotatable bonds is 5. The number of hydrogen-bond donors (Lipinski definition) is 2. The summed E-state index contributed by atoms with van der Waals surface area (Å²) in [6.45, 7) is 0.761. The molecule has 5 rings (SSSR count). The minimum absolute atomic E-state index is 0.0249. The smallest absolute Gasteiger partial charge is 0.248 e. The minimum Gasteiger partial charge on any atom is -0.496 e. The maximum absolute atomic E-state index is 13.4. The van der Waals surface area contributed by atoms with E-state index in [-0.39, 0.29) is 54.6 Å². The molecule has 0 radical (unpaired) electrons. The van der Waals surface area contributed by atoms with Crippen molar-refractivity contribution in [3.05, 3.63) is 29.8 Å². The van der Waals surface area contributed by atoms with Gasteiger partial charge >= 0.3 is 0 Å². The molecule has 2 N–H and O–H groups in total. The average molecular weight is 441 g/mol. The van der Waals surface area contributed by atoms with Crippen LogP contribution in [-0.2, 0) is 25.6 Å². The van der Waals surface area contributed by atoms with Crippen LogP contribution in [0.1, 0.15) is 31.2 Å². The molecule has 170 valence electrons. The highest BCUT2D eigenvalue weighted by Crippen LogP contribution is 2.36. The number of benzene rings is 1. The quantitative estimate of drug-likeness (QED) is 0.661. The highest BCUT2D eigenvalue weighted by atomic mass is 16.5. The van der Waals surface area contributed by atoms with E-state index < -0.39 is 12.1 Å². The molecule has 1 aromatic rings. The number of nitrogens with one attached hydrogen (secondary N) is 2. The Morgan fingerprint density at radius 2 is 1.97 bits per heavy atom. The molecular formula is C23H28N4O5. The molecule has 0 aromatic heterocycles. The molecule has 4 atom stereocenters. The second-order valence-electron chi connectivity index (χ2n) is 9.15. The number of fused-ring (bicyclic) bond motifs is 2. The van der Waals surface area contributed by atoms with Gasteiger partial charge in [-0.25, -0.2) is 0 Å². The second kappa shape index (κ2) is 8.11. The van der Waals surface area contributed by atoms with Crippen molar-refractivity contribution in [2.45, 2.75) is 56.3 Å². The van der Waals surface area contributed by atoms with Crippen LogP contribution < -0.4 is 15.4 Å². The minimum atomic E-state index is -0.639. The lowest BCUT2D eigenvalue weighted by Gasteiger charge is -2.29. The molecule has 0 unspecified atom stereocenters. The Morgan fingerprint density at radius 3 is 2.72 bits per heavy atom. The average Bonchev–Trinajstić information content (AvgIpc) is 3.44. The predicted molar refractivity (Wildman–Crippen MR) is 114 cm³/mol. The first kappa shape index (κ1) is 20.8. The lowest BCUT2D eigenvalue weighted by molar-refractivity contribution is -0.145. The van der Waals surface area contributed by atoms with Crippen molar-refractivity contribution in [2.24, 2.45) is 5.92 Å². The Bertz CT molecular complexity index is 961. The molecule has 1 aliphatic carbocycles. The third-order valence-corrected chi connectivity index (χ3v) is 6.98. The van der Waals surface area contributed by atoms with Gasteiger partial charge in [0.15, 0.2) is 0 Å². The SMILES string of the molecule is COc1ccccc1CC(=O)N[C@H]1C[C@@H]2C(=O)N[C@H]3CCN(C(=O)C4CC4)[C@@H]3C(=O)N2C1. The zero-order valence-electron chi connectivity index (χ0n) is 18.1. The lowest BCUT2D eigenvalue weighted by atomic mass is 10.1. The summed E-state index contributed by atoms with van der Waals surface area (Å²) in [6, 6.07) is 5.42. The van der Waals surface area contributed by atoms with Gasteiger partial charge in [0.2, 0.25) is 23.6 Å². The molecule has 0 bridgehead atoms. The largest absolute Gasteiger partial charge is 0.496 e. The Balaban J connectivity index is 1.27. The highest BCUT2D eigenvalue weighted by molar-refractivity contribution is 5.97. The lowest BCUT2D eigenvalue weighted by Crippen LogP contribution is -2.53. The number of ether oxygens (including phenoxy) is 1. The second-order valence-corrected chi connectivity index (χ2v) is 9.15. The van der Waals surface area contributed by atoms with Crippen LogP contribution in [0.25, 0.3) is 0 Å². The summed E-state index contributed by atoms with van der Waals surface area (Å²) in [6.07, 6.45) is 2.87. The van der Waals surface area contributed by atoms with Crippen molar-refractivity contribution >= 4 is 23.6 Å². The van der Waals surface area contributed by atoms with Crippen molar-refractivity contribution in [3.63, 3.8) is 0 Å². The summed E-state index contributed by atoms with van der Waals surface area (Å²) in [5.74, 6) is 0.121. The van der Waals surface area contributed by atoms with Crippen LogP contribution in [-0.4, -0.2) is 77.8 Å². The number of likely N-dealkylation sites (tertiary alicyclic amines) is 1. The van der Waals surface area contributed by atoms with Crippen molar-refractivity contribution in [1.29, 1.82) is 0 Å². The van der Waals surface area contributed by atoms with Crippen LogP contribution in [0.4, 0.5) is 0 Å². The van der Waals surface area contributed by atoms with Gasteiger partial charge in [-0.15, -0.1) is 0 Å². The summed E-state index contributed by atoms with van der Waals surface area (Å²) in [7, 11) is 1.56. The van der Waals surface area contributed by atoms with Crippen molar-refractivity contribution in [1.82, 2.24) is 20.4 Å². The zero-order valence-corrected chi connectivity index (χ0v) is 18.1. The molecule has 3 saturated heterocycles. The van der Waals surface area contributed by atoms with Crippen LogP contribution in [0.2, 0.25) is 0 Å². The zero-order chi connectivity index (χ0) is 22.4. The van der Waals surface area contributed by atoms with Gasteiger partial charge in [-0.05, 0) is 31.7 Å². The van der Waals surface area contributed by atoms with Gasteiger partial charge < -0.3 is 25.2 Å². The van der Waals surface area contributed by atoms with Gasteiger partial charge in [-0.2, -0.15) is 0 Å². The van der Waals surface area contributed by atoms with E-state index in [0.717, 1.165) is 18.4 Å². The van der Waals surface area contributed by atoms with Crippen LogP contribution >= 0.6 is 0 Å². The Labute approximate surface area is 186 Å². The molecule has 0 spiro atoms. The molecule has 9 heteroatoms. The number of hydrogen-bond acceptors (Lipinski definition) is 5. The molecule has 1 aromatic carbocycles. The first-order chi connectivity index (χ1) is 15.5. The number of carbonyl (C=O) groups excluding carboxylic acids is 4. The number of amides is 4. The Hall–Kier alpha value is -3.10. The van der Waals surface area contributed by atoms with E-state index in [9.17, 15) is 19.2 Å². The van der Waals surface area contributed by atoms with Crippen LogP contribution in [0.5, 0.6) is 5.75 Å². The van der Waals surface area contributed by atoms with Gasteiger partial charge in [-0.1, -0.05) is 18.2 Å². The van der Waals surface area contributed by atoms with E-state index in [0.29, 0.717) is 25.1 Å². The number of nitrogens with zero attached hydrogens (tertiary/aromatic N) is 2. The fourth-order valence-electron chi connectivity index (χ4n) is 5.24. The van der Waals surface area contributed by atoms with Crippen molar-refractivity contribution < 1.29 is 23.9 Å². The van der Waals surface area contributed by atoms with Gasteiger partial charge in [0.25, 0.3) is 0 Å². The third kappa shape index (κ3) is 3.69. The monoisotopic (exact) mass is 440 g/mol. The Morgan fingerprint density at radius 1 is 1.19 bits per heavy atom. The standard InChI is InChI=1S/C23H28N4O5/c1-32-18-5-3-2-4-14(18)10-19(28)24-15-11-17-21(29)25-16-8-9-26(22(30)13-6-7-13)20(16)23(31)27(17)12-15/h2-5,13,15-17,20H,6-12H2,1H3,(H,24,28)(H,25,29)/t15-,16-,17+,20-/m0/s1. The van der Waals surface area contributed by atoms with Crippen LogP contribution in [0.3, 0.4) is 0 Å². The summed E-state index contributed by atoms with van der Waals surface area (Å²) < 4.78 is 5.31. The molecule has 4 aliphatic rings. The summed E-state index contributed by atoms with van der Waals surface area (Å²) in [4.78, 5) is 54.9. The summed E-state index contributed by atoms with van der Waals surface area (Å²) in [5.41, 5.74) is 0.775. The molecular weight excluding hydrogens is 412 g/mol. The van der Waals surface area contributed by atoms with Crippen molar-refractivity contribution in [3.8, 4) is 5.75 Å². The Kier molecular flexibility index (Phi) is 5.27. The molecule has 32 heavy (non-hydrogen) atoms. The van der Waals surface area contributed by atoms with Gasteiger partial charge in [0.05, 0.1) is 19.6 Å². The summed E-state index contributed by atoms with van der Waals surface area (Å²) in [5, 5.41) is 5.96.